The van der Waals surface area contributed by atoms with Crippen molar-refractivity contribution in [1.82, 2.24) is 16.0 Å². The van der Waals surface area contributed by atoms with Crippen molar-refractivity contribution >= 4 is 28.9 Å². The van der Waals surface area contributed by atoms with Gasteiger partial charge in [-0.1, -0.05) is 12.1 Å². The van der Waals surface area contributed by atoms with E-state index in [9.17, 15) is 29.7 Å². The van der Waals surface area contributed by atoms with Gasteiger partial charge in [0.1, 0.15) is 23.1 Å². The van der Waals surface area contributed by atoms with Gasteiger partial charge < -0.3 is 35.7 Å². The molecular formula is C31H34N4O7. The van der Waals surface area contributed by atoms with Gasteiger partial charge in [0.25, 0.3) is 0 Å². The summed E-state index contributed by atoms with van der Waals surface area (Å²) in [6.07, 6.45) is 0.925. The molecule has 0 saturated carbocycles. The number of aromatic carboxylic acids is 1. The van der Waals surface area contributed by atoms with E-state index < -0.39 is 18.0 Å². The average molecular weight is 575 g/mol. The number of nitrogens with zero attached hydrogens (tertiary/aromatic N) is 1. The van der Waals surface area contributed by atoms with E-state index in [1.54, 1.807) is 52.2 Å². The van der Waals surface area contributed by atoms with Crippen LogP contribution in [0.1, 0.15) is 39.9 Å². The molecule has 0 aromatic heterocycles. The van der Waals surface area contributed by atoms with Gasteiger partial charge in [-0.2, -0.15) is 0 Å². The summed E-state index contributed by atoms with van der Waals surface area (Å²) in [6.45, 7) is 4.08. The molecule has 0 fully saturated rings. The maximum atomic E-state index is 12.5. The Morgan fingerprint density at radius 2 is 1.79 bits per heavy atom. The molecule has 2 aromatic rings. The van der Waals surface area contributed by atoms with E-state index in [1.807, 2.05) is 0 Å². The molecule has 4 rings (SSSR count). The van der Waals surface area contributed by atoms with Crippen molar-refractivity contribution < 1.29 is 29.3 Å². The Hall–Kier alpha value is -4.90. The highest BCUT2D eigenvalue weighted by molar-refractivity contribution is 6.08. The number of phenols is 1. The lowest BCUT2D eigenvalue weighted by Gasteiger charge is -2.19. The number of aryl methyl sites for hydroxylation is 2. The molecular weight excluding hydrogens is 540 g/mol. The van der Waals surface area contributed by atoms with Crippen molar-refractivity contribution in [2.24, 2.45) is 4.99 Å². The summed E-state index contributed by atoms with van der Waals surface area (Å²) in [7, 11) is 3.38. The van der Waals surface area contributed by atoms with Crippen LogP contribution in [0.3, 0.4) is 0 Å². The van der Waals surface area contributed by atoms with Gasteiger partial charge in [-0.15, -0.1) is 0 Å². The van der Waals surface area contributed by atoms with E-state index in [4.69, 9.17) is 4.42 Å². The fraction of sp³-hybridized carbons (Fsp3) is 0.290. The number of rotatable bonds is 10. The van der Waals surface area contributed by atoms with Crippen LogP contribution in [-0.4, -0.2) is 59.9 Å². The van der Waals surface area contributed by atoms with Gasteiger partial charge in [0.15, 0.2) is 11.4 Å². The molecule has 2 aliphatic rings. The molecule has 0 amide bonds. The molecule has 11 nitrogen and oxygen atoms in total. The van der Waals surface area contributed by atoms with Crippen LogP contribution in [0.25, 0.3) is 33.4 Å². The predicted octanol–water partition coefficient (Wildman–Crippen LogP) is 3.70. The summed E-state index contributed by atoms with van der Waals surface area (Å²) >= 11 is 0. The first-order chi connectivity index (χ1) is 20.0. The maximum absolute atomic E-state index is 12.5. The fourth-order valence-corrected chi connectivity index (χ4v) is 4.90. The Bertz CT molecular complexity index is 1710. The number of aliphatic imine (C=N–C) groups is 1. The topological polar surface area (TPSA) is 173 Å². The number of carboxylic acids is 2. The predicted molar refractivity (Wildman–Crippen MR) is 161 cm³/mol. The molecule has 1 aliphatic carbocycles. The monoisotopic (exact) mass is 574 g/mol. The Kier molecular flexibility index (Phi) is 9.12. The number of hydrogen-bond acceptors (Lipinski definition) is 7. The van der Waals surface area contributed by atoms with Gasteiger partial charge in [-0.25, -0.2) is 4.79 Å². The smallest absolute Gasteiger partial charge is 0.336 e. The summed E-state index contributed by atoms with van der Waals surface area (Å²) in [6, 6.07) is 10.3. The quantitative estimate of drug-likeness (QED) is 0.0709. The van der Waals surface area contributed by atoms with E-state index in [-0.39, 0.29) is 29.0 Å². The van der Waals surface area contributed by atoms with E-state index in [0.29, 0.717) is 69.7 Å². The summed E-state index contributed by atoms with van der Waals surface area (Å²) in [4.78, 5) is 40.8. The molecule has 11 heteroatoms. The second-order valence-corrected chi connectivity index (χ2v) is 10.1. The molecule has 1 atom stereocenters. The lowest BCUT2D eigenvalue weighted by Crippen LogP contribution is -2.38. The number of nitrogens with one attached hydrogen (secondary N) is 3. The van der Waals surface area contributed by atoms with Crippen molar-refractivity contribution in [3.05, 3.63) is 74.9 Å². The number of carboxylic acid groups (broad SMARTS) is 2. The number of fused-ring (bicyclic) bond motifs is 2. The van der Waals surface area contributed by atoms with Gasteiger partial charge in [0, 0.05) is 55.8 Å². The molecule has 1 heterocycles. The normalized spacial score (nSPS) is 12.4. The molecule has 0 saturated heterocycles. The molecule has 6 N–H and O–H groups in total. The number of guanidine groups is 1. The number of aliphatic carboxylic acids is 1. The molecule has 2 aromatic carbocycles. The summed E-state index contributed by atoms with van der Waals surface area (Å²) in [5.74, 6) is -1.28. The number of phenolic OH excluding ortho intramolecular Hbond substituents is 1. The third kappa shape index (κ3) is 6.36. The van der Waals surface area contributed by atoms with Crippen molar-refractivity contribution in [3.63, 3.8) is 0 Å². The highest BCUT2D eigenvalue weighted by Gasteiger charge is 2.24. The second kappa shape index (κ2) is 12.7. The standard InChI is InChI=1S/C31H34N4O7/c1-16-10-21-26(13-24(16)36)42-27-14-25(37)17(2)11-22(27)28(21)19-8-7-18(12-20(19)29(38)39)15-35-23(30(40)41)6-5-9-34-31(32-3)33-4/h7-8,10-14,23,35-36H,5-6,9,15H2,1-4H3,(H,38,39)(H,40,41)(H2,32,33,34)/t23-/m0/s1. The zero-order valence-electron chi connectivity index (χ0n) is 23.9. The third-order valence-corrected chi connectivity index (χ3v) is 7.19. The van der Waals surface area contributed by atoms with E-state index >= 15 is 0 Å². The molecule has 0 unspecified atom stereocenters. The molecule has 0 spiro atoms. The highest BCUT2D eigenvalue weighted by Crippen LogP contribution is 2.43. The molecule has 42 heavy (non-hydrogen) atoms. The van der Waals surface area contributed by atoms with Crippen LogP contribution in [-0.2, 0) is 11.3 Å². The number of benzene rings is 3. The zero-order chi connectivity index (χ0) is 30.6. The first-order valence-electron chi connectivity index (χ1n) is 13.5. The number of carbonyl (C=O) groups is 2. The minimum atomic E-state index is -1.17. The highest BCUT2D eigenvalue weighted by atomic mass is 16.4. The van der Waals surface area contributed by atoms with Crippen molar-refractivity contribution in [3.8, 4) is 28.2 Å². The number of aromatic hydroxyl groups is 1. The van der Waals surface area contributed by atoms with Crippen molar-refractivity contribution in [2.45, 2.75) is 39.3 Å². The molecule has 1 aliphatic heterocycles. The number of hydrogen-bond donors (Lipinski definition) is 6. The largest absolute Gasteiger partial charge is 0.508 e. The first kappa shape index (κ1) is 30.1. The van der Waals surface area contributed by atoms with Crippen LogP contribution in [0.4, 0.5) is 0 Å². The maximum Gasteiger partial charge on any atom is 0.336 e. The Balaban J connectivity index is 1.70. The first-order valence-corrected chi connectivity index (χ1v) is 13.5. The lowest BCUT2D eigenvalue weighted by atomic mass is 9.88. The van der Waals surface area contributed by atoms with Gasteiger partial charge >= 0.3 is 11.9 Å². The van der Waals surface area contributed by atoms with E-state index in [0.717, 1.165) is 0 Å². The minimum Gasteiger partial charge on any atom is -0.508 e. The molecule has 0 radical (unpaired) electrons. The Labute approximate surface area is 242 Å². The Morgan fingerprint density at radius 3 is 2.45 bits per heavy atom. The average Bonchev–Trinajstić information content (AvgIpc) is 2.95. The molecule has 0 bridgehead atoms. The SMILES string of the molecule is CN=C(NC)NCCC[C@H](NCc1ccc(-c2c3cc(C)c(=O)cc-3oc3cc(O)c(C)cc23)c(C(=O)O)c1)C(=O)O. The van der Waals surface area contributed by atoms with Crippen LogP contribution in [0.2, 0.25) is 0 Å². The Morgan fingerprint density at radius 1 is 1.02 bits per heavy atom. The summed E-state index contributed by atoms with van der Waals surface area (Å²) in [5, 5.41) is 39.8. The van der Waals surface area contributed by atoms with Crippen LogP contribution < -0.4 is 21.4 Å². The fourth-order valence-electron chi connectivity index (χ4n) is 4.90. The van der Waals surface area contributed by atoms with E-state index in [2.05, 4.69) is 20.9 Å². The third-order valence-electron chi connectivity index (χ3n) is 7.19. The van der Waals surface area contributed by atoms with E-state index in [1.165, 1.54) is 18.2 Å². The van der Waals surface area contributed by atoms with Gasteiger partial charge in [-0.3, -0.25) is 14.6 Å². The van der Waals surface area contributed by atoms with Gasteiger partial charge in [0.2, 0.25) is 0 Å². The summed E-state index contributed by atoms with van der Waals surface area (Å²) < 4.78 is 5.97. The summed E-state index contributed by atoms with van der Waals surface area (Å²) in [5.41, 5.74) is 3.25. The minimum absolute atomic E-state index is 0.00667. The van der Waals surface area contributed by atoms with Gasteiger partial charge in [0.05, 0.1) is 5.56 Å². The van der Waals surface area contributed by atoms with Gasteiger partial charge in [-0.05, 0) is 67.1 Å². The van der Waals surface area contributed by atoms with Crippen LogP contribution in [0.15, 0.2) is 56.7 Å². The van der Waals surface area contributed by atoms with Crippen molar-refractivity contribution in [2.75, 3.05) is 20.6 Å². The molecule has 220 valence electrons. The lowest BCUT2D eigenvalue weighted by molar-refractivity contribution is -0.139. The van der Waals surface area contributed by atoms with Crippen LogP contribution in [0.5, 0.6) is 5.75 Å². The second-order valence-electron chi connectivity index (χ2n) is 10.1. The van der Waals surface area contributed by atoms with Crippen LogP contribution >= 0.6 is 0 Å². The van der Waals surface area contributed by atoms with Crippen molar-refractivity contribution in [1.29, 1.82) is 0 Å². The van der Waals surface area contributed by atoms with Crippen LogP contribution in [0, 0.1) is 13.8 Å². The zero-order valence-corrected chi connectivity index (χ0v) is 23.9.